The second-order valence-electron chi connectivity index (χ2n) is 4.12. The first-order chi connectivity index (χ1) is 10.0. The summed E-state index contributed by atoms with van der Waals surface area (Å²) in [6.45, 7) is -0.551. The van der Waals surface area contributed by atoms with Crippen LogP contribution in [0.5, 0.6) is 5.75 Å². The van der Waals surface area contributed by atoms with E-state index in [4.69, 9.17) is 5.73 Å². The van der Waals surface area contributed by atoms with E-state index in [1.165, 1.54) is 35.1 Å². The lowest BCUT2D eigenvalue weighted by Crippen LogP contribution is -2.18. The first kappa shape index (κ1) is 14.8. The van der Waals surface area contributed by atoms with Crippen molar-refractivity contribution in [2.24, 2.45) is 0 Å². The summed E-state index contributed by atoms with van der Waals surface area (Å²) in [5.41, 5.74) is 6.66. The molecule has 2 aromatic rings. The van der Waals surface area contributed by atoms with Crippen molar-refractivity contribution in [1.29, 1.82) is 0 Å². The van der Waals surface area contributed by atoms with E-state index in [0.29, 0.717) is 12.2 Å². The van der Waals surface area contributed by atoms with Crippen molar-refractivity contribution in [2.45, 2.75) is 20.1 Å². The van der Waals surface area contributed by atoms with Gasteiger partial charge in [0.05, 0.1) is 11.9 Å². The van der Waals surface area contributed by atoms with E-state index < -0.39 is 12.5 Å². The summed E-state index contributed by atoms with van der Waals surface area (Å²) in [4.78, 5) is 12.1. The van der Waals surface area contributed by atoms with Crippen molar-refractivity contribution < 1.29 is 18.3 Å². The summed E-state index contributed by atoms with van der Waals surface area (Å²) in [6.07, 6.45) is 1.40. The van der Waals surface area contributed by atoms with Crippen molar-refractivity contribution >= 4 is 17.3 Å². The molecule has 0 spiro atoms. The highest BCUT2D eigenvalue weighted by atomic mass is 19.3. The number of alkyl halides is 2. The van der Waals surface area contributed by atoms with Crippen LogP contribution in [0.4, 0.5) is 20.2 Å². The average Bonchev–Trinajstić information content (AvgIpc) is 2.81. The maximum Gasteiger partial charge on any atom is 0.387 e. The molecule has 0 radical (unpaired) electrons. The number of aromatic nitrogens is 2. The van der Waals surface area contributed by atoms with E-state index in [9.17, 15) is 13.6 Å². The first-order valence-electron chi connectivity index (χ1n) is 6.18. The molecular formula is C13H14F2N4O2. The maximum absolute atomic E-state index is 12.1. The van der Waals surface area contributed by atoms with Gasteiger partial charge in [-0.05, 0) is 31.2 Å². The smallest absolute Gasteiger partial charge is 0.387 e. The van der Waals surface area contributed by atoms with Crippen molar-refractivity contribution in [1.82, 2.24) is 9.78 Å². The standard InChI is InChI=1S/C13H14F2N4O2/c1-2-19-11(10(16)7-17-19)12(20)18-8-3-5-9(6-4-8)21-13(14)15/h3-7,13H,2,16H2,1H3,(H,18,20). The molecule has 0 aliphatic carbocycles. The van der Waals surface area contributed by atoms with Crippen LogP contribution < -0.4 is 15.8 Å². The van der Waals surface area contributed by atoms with E-state index in [1.807, 2.05) is 6.92 Å². The van der Waals surface area contributed by atoms with Crippen LogP contribution in [-0.2, 0) is 6.54 Å². The Balaban J connectivity index is 2.10. The molecule has 3 N–H and O–H groups in total. The van der Waals surface area contributed by atoms with E-state index in [2.05, 4.69) is 15.2 Å². The molecule has 0 fully saturated rings. The fraction of sp³-hybridized carbons (Fsp3) is 0.231. The van der Waals surface area contributed by atoms with Crippen molar-refractivity contribution in [3.63, 3.8) is 0 Å². The van der Waals surface area contributed by atoms with E-state index in [1.54, 1.807) is 0 Å². The van der Waals surface area contributed by atoms with Crippen molar-refractivity contribution in [3.8, 4) is 5.75 Å². The SMILES string of the molecule is CCn1ncc(N)c1C(=O)Nc1ccc(OC(F)F)cc1. The molecule has 0 aliphatic rings. The topological polar surface area (TPSA) is 82.2 Å². The number of carbonyl (C=O) groups excluding carboxylic acids is 1. The Morgan fingerprint density at radius 1 is 1.43 bits per heavy atom. The normalized spacial score (nSPS) is 10.7. The summed E-state index contributed by atoms with van der Waals surface area (Å²) in [7, 11) is 0. The number of hydrogen-bond donors (Lipinski definition) is 2. The fourth-order valence-electron chi connectivity index (χ4n) is 1.80. The second kappa shape index (κ2) is 6.21. The quantitative estimate of drug-likeness (QED) is 0.887. The van der Waals surface area contributed by atoms with Gasteiger partial charge in [-0.3, -0.25) is 9.48 Å². The summed E-state index contributed by atoms with van der Waals surface area (Å²) < 4.78 is 29.8. The number of amides is 1. The zero-order chi connectivity index (χ0) is 15.4. The average molecular weight is 296 g/mol. The molecule has 1 aromatic heterocycles. The molecule has 0 atom stereocenters. The summed E-state index contributed by atoms with van der Waals surface area (Å²) in [6, 6.07) is 5.58. The molecule has 0 bridgehead atoms. The maximum atomic E-state index is 12.1. The molecule has 0 unspecified atom stereocenters. The van der Waals surface area contributed by atoms with Crippen LogP contribution in [0.2, 0.25) is 0 Å². The zero-order valence-electron chi connectivity index (χ0n) is 11.2. The van der Waals surface area contributed by atoms with Crippen molar-refractivity contribution in [2.75, 3.05) is 11.1 Å². The Kier molecular flexibility index (Phi) is 4.36. The first-order valence-corrected chi connectivity index (χ1v) is 6.18. The number of nitrogens with one attached hydrogen (secondary N) is 1. The number of halogens is 2. The van der Waals surface area contributed by atoms with Crippen LogP contribution >= 0.6 is 0 Å². The van der Waals surface area contributed by atoms with Gasteiger partial charge in [0.2, 0.25) is 0 Å². The molecule has 112 valence electrons. The van der Waals surface area contributed by atoms with Gasteiger partial charge in [0, 0.05) is 12.2 Å². The molecule has 8 heteroatoms. The largest absolute Gasteiger partial charge is 0.435 e. The Hall–Kier alpha value is -2.64. The molecule has 1 heterocycles. The van der Waals surface area contributed by atoms with Gasteiger partial charge in [0.15, 0.2) is 0 Å². The van der Waals surface area contributed by atoms with E-state index >= 15 is 0 Å². The third-order valence-electron chi connectivity index (χ3n) is 2.72. The second-order valence-corrected chi connectivity index (χ2v) is 4.12. The van der Waals surface area contributed by atoms with Gasteiger partial charge < -0.3 is 15.8 Å². The van der Waals surface area contributed by atoms with Gasteiger partial charge in [-0.1, -0.05) is 0 Å². The van der Waals surface area contributed by atoms with Crippen LogP contribution in [0.25, 0.3) is 0 Å². The third-order valence-corrected chi connectivity index (χ3v) is 2.72. The fourth-order valence-corrected chi connectivity index (χ4v) is 1.80. The molecule has 21 heavy (non-hydrogen) atoms. The molecule has 2 rings (SSSR count). The van der Waals surface area contributed by atoms with Gasteiger partial charge in [-0.25, -0.2) is 0 Å². The minimum absolute atomic E-state index is 0.0149. The predicted molar refractivity (Wildman–Crippen MR) is 73.3 cm³/mol. The Bertz CT molecular complexity index is 626. The molecule has 0 aliphatic heterocycles. The molecular weight excluding hydrogens is 282 g/mol. The highest BCUT2D eigenvalue weighted by Crippen LogP contribution is 2.19. The van der Waals surface area contributed by atoms with Crippen LogP contribution in [0, 0.1) is 0 Å². The van der Waals surface area contributed by atoms with Crippen LogP contribution in [0.3, 0.4) is 0 Å². The highest BCUT2D eigenvalue weighted by molar-refractivity contribution is 6.06. The number of carbonyl (C=O) groups is 1. The Labute approximate surface area is 119 Å². The van der Waals surface area contributed by atoms with E-state index in [-0.39, 0.29) is 17.1 Å². The monoisotopic (exact) mass is 296 g/mol. The molecule has 0 saturated heterocycles. The number of ether oxygens (including phenoxy) is 1. The van der Waals surface area contributed by atoms with Gasteiger partial charge in [0.25, 0.3) is 5.91 Å². The summed E-state index contributed by atoms with van der Waals surface area (Å²) in [5, 5.41) is 6.59. The lowest BCUT2D eigenvalue weighted by Gasteiger charge is -2.09. The summed E-state index contributed by atoms with van der Waals surface area (Å²) in [5.74, 6) is -0.407. The number of aryl methyl sites for hydroxylation is 1. The van der Waals surface area contributed by atoms with Crippen LogP contribution in [-0.4, -0.2) is 22.3 Å². The molecule has 0 saturated carbocycles. The van der Waals surface area contributed by atoms with Gasteiger partial charge in [-0.2, -0.15) is 13.9 Å². The van der Waals surface area contributed by atoms with Gasteiger partial charge >= 0.3 is 6.61 Å². The minimum Gasteiger partial charge on any atom is -0.435 e. The Morgan fingerprint density at radius 2 is 2.10 bits per heavy atom. The van der Waals surface area contributed by atoms with E-state index in [0.717, 1.165) is 0 Å². The number of anilines is 2. The molecule has 6 nitrogen and oxygen atoms in total. The number of hydrogen-bond acceptors (Lipinski definition) is 4. The van der Waals surface area contributed by atoms with Gasteiger partial charge in [0.1, 0.15) is 11.4 Å². The van der Waals surface area contributed by atoms with Crippen LogP contribution in [0.15, 0.2) is 30.5 Å². The molecule has 1 amide bonds. The predicted octanol–water partition coefficient (Wildman–Crippen LogP) is 2.34. The third kappa shape index (κ3) is 3.47. The number of rotatable bonds is 5. The zero-order valence-corrected chi connectivity index (χ0v) is 11.2. The Morgan fingerprint density at radius 3 is 2.67 bits per heavy atom. The summed E-state index contributed by atoms with van der Waals surface area (Å²) >= 11 is 0. The van der Waals surface area contributed by atoms with Crippen molar-refractivity contribution in [3.05, 3.63) is 36.2 Å². The minimum atomic E-state index is -2.89. The number of nitrogen functional groups attached to an aromatic ring is 1. The number of nitrogens with two attached hydrogens (primary N) is 1. The van der Waals surface area contributed by atoms with Crippen LogP contribution in [0.1, 0.15) is 17.4 Å². The lowest BCUT2D eigenvalue weighted by atomic mass is 10.2. The number of benzene rings is 1. The lowest BCUT2D eigenvalue weighted by molar-refractivity contribution is -0.0498. The highest BCUT2D eigenvalue weighted by Gasteiger charge is 2.16. The number of nitrogens with zero attached hydrogens (tertiary/aromatic N) is 2. The molecule has 1 aromatic carbocycles. The van der Waals surface area contributed by atoms with Gasteiger partial charge in [-0.15, -0.1) is 0 Å².